The zero-order valence-corrected chi connectivity index (χ0v) is 33.9. The van der Waals surface area contributed by atoms with E-state index in [0.717, 1.165) is 6.42 Å². The minimum Gasteiger partial charge on any atom is -0.741 e. The number of allylic oxidation sites excluding steroid dienone is 2. The average molecular weight is 1050 g/mol. The van der Waals surface area contributed by atoms with Gasteiger partial charge in [0.2, 0.25) is 0 Å². The van der Waals surface area contributed by atoms with Crippen molar-refractivity contribution in [3.05, 3.63) is 12.2 Å². The van der Waals surface area contributed by atoms with Crippen molar-refractivity contribution < 1.29 is 122 Å². The maximum atomic E-state index is 12.0. The molecule has 0 heterocycles. The van der Waals surface area contributed by atoms with Crippen LogP contribution in [0.25, 0.3) is 0 Å². The van der Waals surface area contributed by atoms with E-state index in [1.807, 2.05) is 46.8 Å². The predicted octanol–water partition coefficient (Wildman–Crippen LogP) is 3.95. The van der Waals surface area contributed by atoms with Crippen molar-refractivity contribution in [2.75, 3.05) is 7.11 Å². The first-order valence-corrected chi connectivity index (χ1v) is 16.0. The van der Waals surface area contributed by atoms with Gasteiger partial charge >= 0.3 is 60.1 Å². The molecule has 32 heteroatoms. The second-order valence-corrected chi connectivity index (χ2v) is 14.3. The van der Waals surface area contributed by atoms with Crippen LogP contribution >= 0.6 is 0 Å². The SMILES string of the molecule is COC(=O)C(C)(C)[C@@H]1CC=CC(=[O+][C@H](C)C(=O)OC(C)(C)C)C1.N.N.N.N.N.O=S(=O)([O-])C(F)(F)F.O=S(=O)([O-])C(F)(F)F.O=S(=O)([O-])C(F)(F)F.[Os+2]. The van der Waals surface area contributed by atoms with Gasteiger partial charge in [0.1, 0.15) is 5.60 Å². The monoisotopic (exact) mass is 1050 g/mol. The van der Waals surface area contributed by atoms with E-state index in [0.29, 0.717) is 12.2 Å². The number of halogens is 9. The second kappa shape index (κ2) is 25.9. The predicted molar refractivity (Wildman–Crippen MR) is 160 cm³/mol. The number of esters is 2. The molecule has 0 amide bonds. The van der Waals surface area contributed by atoms with Crippen LogP contribution in [0.4, 0.5) is 39.5 Å². The Balaban J connectivity index is -0.0000000775. The van der Waals surface area contributed by atoms with E-state index in [9.17, 15) is 49.1 Å². The second-order valence-electron chi connectivity index (χ2n) is 10.2. The van der Waals surface area contributed by atoms with E-state index in [1.165, 1.54) is 7.11 Å². The molecule has 0 saturated heterocycles. The normalized spacial score (nSPS) is 15.8. The van der Waals surface area contributed by atoms with Crippen LogP contribution in [-0.2, 0) is 73.6 Å². The van der Waals surface area contributed by atoms with Gasteiger partial charge in [0.15, 0.2) is 30.4 Å². The summed E-state index contributed by atoms with van der Waals surface area (Å²) >= 11 is 0. The summed E-state index contributed by atoms with van der Waals surface area (Å²) in [4.78, 5) is 24.0. The van der Waals surface area contributed by atoms with Crippen molar-refractivity contribution in [1.29, 1.82) is 0 Å². The molecule has 0 unspecified atom stereocenters. The smallest absolute Gasteiger partial charge is 0.741 e. The molecule has 1 aliphatic rings. The van der Waals surface area contributed by atoms with Gasteiger partial charge in [-0.2, -0.15) is 39.5 Å². The van der Waals surface area contributed by atoms with Crippen molar-refractivity contribution >= 4 is 48.1 Å². The zero-order valence-electron chi connectivity index (χ0n) is 29.0. The fourth-order valence-electron chi connectivity index (χ4n) is 2.48. The Bertz CT molecular complexity index is 1370. The first kappa shape index (κ1) is 72.2. The summed E-state index contributed by atoms with van der Waals surface area (Å²) in [6, 6.07) is 0. The molecule has 0 spiro atoms. The Morgan fingerprint density at radius 2 is 1.02 bits per heavy atom. The first-order valence-electron chi connectivity index (χ1n) is 11.8. The molecule has 19 nitrogen and oxygen atoms in total. The topological polar surface area (TPSA) is 410 Å². The van der Waals surface area contributed by atoms with Gasteiger partial charge in [-0.05, 0) is 47.0 Å². The Hall–Kier alpha value is -2.11. The van der Waals surface area contributed by atoms with E-state index >= 15 is 0 Å². The maximum absolute atomic E-state index is 12.0. The van der Waals surface area contributed by atoms with Crippen molar-refractivity contribution in [3.8, 4) is 0 Å². The van der Waals surface area contributed by atoms with Crippen LogP contribution in [0, 0.1) is 11.3 Å². The summed E-state index contributed by atoms with van der Waals surface area (Å²) in [5.41, 5.74) is -18.1. The Morgan fingerprint density at radius 1 is 0.736 bits per heavy atom. The van der Waals surface area contributed by atoms with Crippen LogP contribution in [0.5, 0.6) is 0 Å². The first-order chi connectivity index (χ1) is 20.2. The molecule has 0 saturated carbocycles. The Kier molecular flexibility index (Phi) is 35.2. The number of hydrogen-bond donors (Lipinski definition) is 5. The fourth-order valence-corrected chi connectivity index (χ4v) is 2.48. The zero-order chi connectivity index (χ0) is 38.8. The third kappa shape index (κ3) is 29.9. The quantitative estimate of drug-likeness (QED) is 0.0874. The molecule has 326 valence electrons. The third-order valence-corrected chi connectivity index (χ3v) is 6.52. The number of rotatable bonds is 4. The molecule has 0 aromatic carbocycles. The van der Waals surface area contributed by atoms with Crippen molar-refractivity contribution in [3.63, 3.8) is 0 Å². The summed E-state index contributed by atoms with van der Waals surface area (Å²) in [5.74, 6) is 0.127. The largest absolute Gasteiger partial charge is 2.00 e. The standard InChI is InChI=1S/C18H29O5.3CHF3O3S.5H3N.Os/c1-12(15(19)23-17(2,3)4)22-14-10-8-9-13(11-14)18(5,6)16(20)21-7;3*2-1(3,4)8(5,6)7;;;;;;/h8,10,12-13H,9,11H2,1-7H3;3*(H,5,6,7);5*1H3;/q+1;;;;;;;;;+2/p-3/t12-,13-;;;;;;;;;/m1........./s1. The Labute approximate surface area is 313 Å². The number of methoxy groups -OCH3 is 1. The molecule has 53 heavy (non-hydrogen) atoms. The van der Waals surface area contributed by atoms with E-state index in [-0.39, 0.29) is 62.4 Å². The van der Waals surface area contributed by atoms with Gasteiger partial charge in [-0.25, -0.2) is 34.5 Å². The average Bonchev–Trinajstić information content (AvgIpc) is 2.80. The van der Waals surface area contributed by atoms with E-state index in [2.05, 4.69) is 0 Å². The maximum Gasteiger partial charge on any atom is 2.00 e. The van der Waals surface area contributed by atoms with Gasteiger partial charge < -0.3 is 53.9 Å². The van der Waals surface area contributed by atoms with Crippen molar-refractivity contribution in [2.45, 2.75) is 82.6 Å². The van der Waals surface area contributed by atoms with Gasteiger partial charge in [-0.3, -0.25) is 4.79 Å². The molecule has 0 radical (unpaired) electrons. The van der Waals surface area contributed by atoms with Gasteiger partial charge in [-0.1, -0.05) is 6.08 Å². The number of ether oxygens (including phenoxy) is 2. The summed E-state index contributed by atoms with van der Waals surface area (Å²) < 4.78 is 193. The molecular formula is C21H44F9N5O14OsS3. The van der Waals surface area contributed by atoms with Gasteiger partial charge in [-0.15, -0.1) is 0 Å². The molecular weight excluding hydrogens is 1000 g/mol. The molecule has 15 N–H and O–H groups in total. The number of alkyl halides is 9. The Morgan fingerprint density at radius 3 is 1.25 bits per heavy atom. The fraction of sp³-hybridized carbons (Fsp3) is 0.762. The van der Waals surface area contributed by atoms with Crippen LogP contribution in [0.1, 0.15) is 54.4 Å². The number of hydrogen-bond acceptors (Lipinski definition) is 18. The van der Waals surface area contributed by atoms with Crippen LogP contribution in [-0.4, -0.2) is 92.0 Å². The molecule has 0 aromatic heterocycles. The summed E-state index contributed by atoms with van der Waals surface area (Å²) in [6.45, 7) is 10.9. The minimum atomic E-state index is -6.09. The summed E-state index contributed by atoms with van der Waals surface area (Å²) in [5, 5.41) is 0. The molecule has 0 aromatic rings. The van der Waals surface area contributed by atoms with Crippen molar-refractivity contribution in [2.24, 2.45) is 11.3 Å². The van der Waals surface area contributed by atoms with E-state index in [1.54, 1.807) is 6.92 Å². The van der Waals surface area contributed by atoms with E-state index in [4.69, 9.17) is 52.8 Å². The van der Waals surface area contributed by atoms with Crippen LogP contribution in [0.3, 0.4) is 0 Å². The number of ketones is 1. The molecule has 0 fully saturated rings. The molecule has 0 bridgehead atoms. The minimum absolute atomic E-state index is 0. The van der Waals surface area contributed by atoms with E-state index < -0.39 is 70.0 Å². The summed E-state index contributed by atoms with van der Waals surface area (Å²) in [6.07, 6.45) is 4.51. The van der Waals surface area contributed by atoms with Crippen molar-refractivity contribution in [1.82, 2.24) is 30.8 Å². The van der Waals surface area contributed by atoms with Gasteiger partial charge in [0, 0.05) is 13.0 Å². The molecule has 0 aliphatic heterocycles. The van der Waals surface area contributed by atoms with Crippen LogP contribution in [0.2, 0.25) is 0 Å². The molecule has 1 rings (SSSR count). The number of carbonyl (C=O) groups is 2. The van der Waals surface area contributed by atoms with Gasteiger partial charge in [0.05, 0.1) is 18.9 Å². The van der Waals surface area contributed by atoms with Crippen LogP contribution in [0.15, 0.2) is 12.2 Å². The van der Waals surface area contributed by atoms with Gasteiger partial charge in [0.25, 0.3) is 0 Å². The summed E-state index contributed by atoms with van der Waals surface area (Å²) in [7, 11) is -16.9. The molecule has 1 aliphatic carbocycles. The number of carbonyl (C=O) groups excluding carboxylic acids is 3. The van der Waals surface area contributed by atoms with Crippen LogP contribution < -0.4 is 30.8 Å². The third-order valence-electron chi connectivity index (χ3n) is 4.82. The molecule has 2 atom stereocenters.